The van der Waals surface area contributed by atoms with Gasteiger partial charge in [0.1, 0.15) is 6.33 Å². The third-order valence-corrected chi connectivity index (χ3v) is 3.97. The molecule has 0 bridgehead atoms. The van der Waals surface area contributed by atoms with Crippen LogP contribution in [0.2, 0.25) is 0 Å². The SMILES string of the molecule is C=C1C=CC(CNC(=O)/C=C\n2cnc(-c3cc(C)cc(C)c3)n2)=NN1C. The Kier molecular flexibility index (Phi) is 5.30. The highest BCUT2D eigenvalue weighted by Gasteiger charge is 2.07. The van der Waals surface area contributed by atoms with Crippen LogP contribution in [0.3, 0.4) is 0 Å². The molecule has 1 aromatic carbocycles. The van der Waals surface area contributed by atoms with Gasteiger partial charge in [-0.2, -0.15) is 5.10 Å². The second kappa shape index (κ2) is 7.82. The number of nitrogens with zero attached hydrogens (tertiary/aromatic N) is 5. The van der Waals surface area contributed by atoms with Crippen LogP contribution in [0.4, 0.5) is 0 Å². The van der Waals surface area contributed by atoms with Gasteiger partial charge in [0.15, 0.2) is 5.82 Å². The van der Waals surface area contributed by atoms with Crippen LogP contribution in [-0.2, 0) is 4.79 Å². The molecule has 2 aromatic rings. The number of allylic oxidation sites excluding steroid dienone is 1. The number of hydrazone groups is 1. The van der Waals surface area contributed by atoms with E-state index in [1.807, 2.05) is 45.2 Å². The number of hydrogen-bond acceptors (Lipinski definition) is 5. The molecule has 1 amide bonds. The van der Waals surface area contributed by atoms with Crippen molar-refractivity contribution in [3.8, 4) is 11.4 Å². The van der Waals surface area contributed by atoms with Gasteiger partial charge in [-0.1, -0.05) is 23.8 Å². The van der Waals surface area contributed by atoms with E-state index in [-0.39, 0.29) is 5.91 Å². The highest BCUT2D eigenvalue weighted by molar-refractivity contribution is 6.01. The number of likely N-dealkylation sites (N-methyl/N-ethyl adjacent to an activating group) is 1. The molecule has 0 radical (unpaired) electrons. The molecular formula is C20H22N6O. The molecule has 1 aromatic heterocycles. The van der Waals surface area contributed by atoms with Crippen molar-refractivity contribution in [1.82, 2.24) is 25.1 Å². The van der Waals surface area contributed by atoms with Crippen molar-refractivity contribution in [2.75, 3.05) is 13.6 Å². The van der Waals surface area contributed by atoms with Crippen molar-refractivity contribution in [2.45, 2.75) is 13.8 Å². The van der Waals surface area contributed by atoms with E-state index in [1.54, 1.807) is 17.5 Å². The van der Waals surface area contributed by atoms with Gasteiger partial charge in [0.2, 0.25) is 5.91 Å². The maximum Gasteiger partial charge on any atom is 0.245 e. The lowest BCUT2D eigenvalue weighted by molar-refractivity contribution is -0.116. The van der Waals surface area contributed by atoms with Crippen LogP contribution in [-0.4, -0.2) is 45.0 Å². The Morgan fingerprint density at radius 2 is 1.96 bits per heavy atom. The Balaban J connectivity index is 1.59. The van der Waals surface area contributed by atoms with E-state index in [2.05, 4.69) is 33.1 Å². The van der Waals surface area contributed by atoms with Gasteiger partial charge in [-0.15, -0.1) is 5.10 Å². The lowest BCUT2D eigenvalue weighted by atomic mass is 10.1. The summed E-state index contributed by atoms with van der Waals surface area (Å²) in [6.07, 6.45) is 8.25. The van der Waals surface area contributed by atoms with Gasteiger partial charge < -0.3 is 5.32 Å². The highest BCUT2D eigenvalue weighted by Crippen LogP contribution is 2.18. The number of carbonyl (C=O) groups excluding carboxylic acids is 1. The number of rotatable bonds is 5. The van der Waals surface area contributed by atoms with E-state index in [9.17, 15) is 4.79 Å². The molecule has 0 aliphatic carbocycles. The van der Waals surface area contributed by atoms with E-state index >= 15 is 0 Å². The number of amides is 1. The van der Waals surface area contributed by atoms with Crippen molar-refractivity contribution in [1.29, 1.82) is 0 Å². The van der Waals surface area contributed by atoms with Gasteiger partial charge in [0.05, 0.1) is 18.0 Å². The summed E-state index contributed by atoms with van der Waals surface area (Å²) < 4.78 is 1.52. The van der Waals surface area contributed by atoms with Crippen molar-refractivity contribution in [3.63, 3.8) is 0 Å². The Morgan fingerprint density at radius 1 is 1.22 bits per heavy atom. The number of aryl methyl sites for hydroxylation is 2. The normalized spacial score (nSPS) is 14.0. The zero-order valence-corrected chi connectivity index (χ0v) is 15.7. The van der Waals surface area contributed by atoms with Crippen molar-refractivity contribution in [2.24, 2.45) is 5.10 Å². The third-order valence-electron chi connectivity index (χ3n) is 3.97. The second-order valence-electron chi connectivity index (χ2n) is 6.40. The molecule has 138 valence electrons. The minimum atomic E-state index is -0.235. The van der Waals surface area contributed by atoms with Crippen molar-refractivity contribution >= 4 is 17.8 Å². The summed E-state index contributed by atoms with van der Waals surface area (Å²) in [7, 11) is 1.81. The fourth-order valence-corrected chi connectivity index (χ4v) is 2.65. The highest BCUT2D eigenvalue weighted by atomic mass is 16.1. The summed E-state index contributed by atoms with van der Waals surface area (Å²) in [6.45, 7) is 8.25. The van der Waals surface area contributed by atoms with Gasteiger partial charge in [-0.3, -0.25) is 9.80 Å². The molecule has 0 unspecified atom stereocenters. The minimum absolute atomic E-state index is 0.235. The predicted molar refractivity (Wildman–Crippen MR) is 107 cm³/mol. The van der Waals surface area contributed by atoms with E-state index in [4.69, 9.17) is 0 Å². The molecule has 7 nitrogen and oxygen atoms in total. The number of aromatic nitrogens is 3. The first-order valence-electron chi connectivity index (χ1n) is 8.55. The summed E-state index contributed by atoms with van der Waals surface area (Å²) in [5, 5.41) is 13.1. The van der Waals surface area contributed by atoms with Crippen molar-refractivity contribution in [3.05, 3.63) is 66.2 Å². The van der Waals surface area contributed by atoms with Gasteiger partial charge in [-0.05, 0) is 38.1 Å². The van der Waals surface area contributed by atoms with Gasteiger partial charge in [-0.25, -0.2) is 9.67 Å². The zero-order valence-electron chi connectivity index (χ0n) is 15.7. The molecule has 0 spiro atoms. The molecule has 7 heteroatoms. The predicted octanol–water partition coefficient (Wildman–Crippen LogP) is 2.52. The average Bonchev–Trinajstić information content (AvgIpc) is 3.09. The number of hydrogen-bond donors (Lipinski definition) is 1. The van der Waals surface area contributed by atoms with Gasteiger partial charge >= 0.3 is 0 Å². The molecule has 3 rings (SSSR count). The van der Waals surface area contributed by atoms with E-state index in [0.29, 0.717) is 12.4 Å². The molecular weight excluding hydrogens is 340 g/mol. The Labute approximate surface area is 158 Å². The molecule has 0 atom stereocenters. The first-order chi connectivity index (χ1) is 12.9. The van der Waals surface area contributed by atoms with Gasteiger partial charge in [0.25, 0.3) is 0 Å². The monoisotopic (exact) mass is 362 g/mol. The maximum absolute atomic E-state index is 12.0. The molecule has 2 heterocycles. The van der Waals surface area contributed by atoms with Crippen LogP contribution < -0.4 is 5.32 Å². The largest absolute Gasteiger partial charge is 0.347 e. The summed E-state index contributed by atoms with van der Waals surface area (Å²) in [5.74, 6) is 0.387. The maximum atomic E-state index is 12.0. The molecule has 0 fully saturated rings. The molecule has 0 saturated heterocycles. The van der Waals surface area contributed by atoms with E-state index in [0.717, 1.165) is 28.1 Å². The number of nitrogens with one attached hydrogen (secondary N) is 1. The molecule has 27 heavy (non-hydrogen) atoms. The summed E-state index contributed by atoms with van der Waals surface area (Å²) in [4.78, 5) is 16.3. The van der Waals surface area contributed by atoms with Crippen LogP contribution in [0.1, 0.15) is 11.1 Å². The second-order valence-corrected chi connectivity index (χ2v) is 6.40. The fraction of sp³-hybridized carbons (Fsp3) is 0.200. The van der Waals surface area contributed by atoms with E-state index in [1.165, 1.54) is 10.8 Å². The number of carbonyl (C=O) groups is 1. The Bertz CT molecular complexity index is 946. The fourth-order valence-electron chi connectivity index (χ4n) is 2.65. The third kappa shape index (κ3) is 4.78. The van der Waals surface area contributed by atoms with Crippen LogP contribution in [0, 0.1) is 13.8 Å². The topological polar surface area (TPSA) is 75.4 Å². The van der Waals surface area contributed by atoms with Crippen LogP contribution in [0.5, 0.6) is 0 Å². The number of benzene rings is 1. The Morgan fingerprint density at radius 3 is 2.67 bits per heavy atom. The van der Waals surface area contributed by atoms with Crippen LogP contribution in [0.25, 0.3) is 17.6 Å². The Hall–Kier alpha value is -3.48. The average molecular weight is 362 g/mol. The first kappa shape index (κ1) is 18.3. The molecule has 0 saturated carbocycles. The van der Waals surface area contributed by atoms with Crippen LogP contribution >= 0.6 is 0 Å². The molecule has 1 N–H and O–H groups in total. The summed E-state index contributed by atoms with van der Waals surface area (Å²) in [5.41, 5.74) is 4.83. The molecule has 1 aliphatic heterocycles. The van der Waals surface area contributed by atoms with Crippen molar-refractivity contribution < 1.29 is 4.79 Å². The molecule has 1 aliphatic rings. The lowest BCUT2D eigenvalue weighted by Crippen LogP contribution is -2.29. The summed E-state index contributed by atoms with van der Waals surface area (Å²) in [6, 6.07) is 6.17. The summed E-state index contributed by atoms with van der Waals surface area (Å²) >= 11 is 0. The zero-order chi connectivity index (χ0) is 19.4. The van der Waals surface area contributed by atoms with Crippen LogP contribution in [0.15, 0.2) is 60.1 Å². The lowest BCUT2D eigenvalue weighted by Gasteiger charge is -2.18. The minimum Gasteiger partial charge on any atom is -0.347 e. The quantitative estimate of drug-likeness (QED) is 0.830. The smallest absolute Gasteiger partial charge is 0.245 e. The van der Waals surface area contributed by atoms with Gasteiger partial charge in [0, 0.05) is 24.9 Å². The standard InChI is InChI=1S/C20H22N6O/c1-14-9-15(2)11-17(10-14)20-22-13-26(24-20)8-7-19(27)21-12-18-6-5-16(3)25(4)23-18/h5-11,13H,3,12H2,1-2,4H3,(H,21,27)/b8-7-. The van der Waals surface area contributed by atoms with E-state index < -0.39 is 0 Å². The first-order valence-corrected chi connectivity index (χ1v) is 8.55.